The number of nitrogens with one attached hydrogen (secondary N) is 1. The number of hydrogen-bond acceptors (Lipinski definition) is 6. The summed E-state index contributed by atoms with van der Waals surface area (Å²) in [5.41, 5.74) is 2.36. The van der Waals surface area contributed by atoms with E-state index in [4.69, 9.17) is 0 Å². The highest BCUT2D eigenvalue weighted by Gasteiger charge is 2.32. The fourth-order valence-corrected chi connectivity index (χ4v) is 5.70. The van der Waals surface area contributed by atoms with Gasteiger partial charge in [0.15, 0.2) is 5.69 Å². The Balaban J connectivity index is 1.40. The van der Waals surface area contributed by atoms with Gasteiger partial charge in [-0.1, -0.05) is 31.8 Å². The number of benzene rings is 2. The van der Waals surface area contributed by atoms with Gasteiger partial charge < -0.3 is 15.1 Å². The van der Waals surface area contributed by atoms with Crippen LogP contribution in [0.2, 0.25) is 0 Å². The van der Waals surface area contributed by atoms with Crippen molar-refractivity contribution in [1.29, 1.82) is 0 Å². The van der Waals surface area contributed by atoms with Crippen molar-refractivity contribution in [1.82, 2.24) is 14.0 Å². The van der Waals surface area contributed by atoms with E-state index in [9.17, 15) is 28.2 Å². The molecule has 1 aromatic heterocycles. The summed E-state index contributed by atoms with van der Waals surface area (Å²) in [6, 6.07) is 13.5. The third kappa shape index (κ3) is 6.11. The van der Waals surface area contributed by atoms with Crippen molar-refractivity contribution in [3.8, 4) is 11.8 Å². The lowest BCUT2D eigenvalue weighted by Crippen LogP contribution is -2.55. The van der Waals surface area contributed by atoms with Crippen molar-refractivity contribution < 1.29 is 28.2 Å². The molecule has 0 saturated carbocycles. The van der Waals surface area contributed by atoms with Gasteiger partial charge in [-0.15, -0.1) is 0 Å². The van der Waals surface area contributed by atoms with E-state index in [-0.39, 0.29) is 24.7 Å². The summed E-state index contributed by atoms with van der Waals surface area (Å²) in [6.45, 7) is 4.70. The number of carboxylic acids is 2. The predicted octanol–water partition coefficient (Wildman–Crippen LogP) is 2.40. The van der Waals surface area contributed by atoms with E-state index in [1.807, 2.05) is 36.4 Å². The fraction of sp³-hybridized carbons (Fsp3) is 0.296. The number of pyridine rings is 1. The molecular weight excluding hydrogens is 508 g/mol. The second-order valence-electron chi connectivity index (χ2n) is 9.27. The van der Waals surface area contributed by atoms with Crippen LogP contribution in [0.15, 0.2) is 54.7 Å². The molecule has 0 radical (unpaired) electrons. The number of fused-ring (bicyclic) bond motifs is 1. The van der Waals surface area contributed by atoms with Gasteiger partial charge in [-0.05, 0) is 53.8 Å². The molecule has 198 valence electrons. The Labute approximate surface area is 221 Å². The maximum atomic E-state index is 12.7. The molecule has 1 fully saturated rings. The third-order valence-corrected chi connectivity index (χ3v) is 7.94. The standard InChI is InChI=1S/C27H28N4O6S/c1-18(2)24(26(32)33)29-38(36,37)31-15-13-30(14-16-31)22-9-6-19(7-10-22)3-4-20-5-8-21-11-12-28-25(27(34)35)23(21)17-20/h5-12,17-18,24,29H,13-16H2,1-2H3,(H,32,33)(H,34,35)/t24-/m1/s1. The van der Waals surface area contributed by atoms with Gasteiger partial charge in [0, 0.05) is 54.6 Å². The lowest BCUT2D eigenvalue weighted by atomic mass is 10.1. The van der Waals surface area contributed by atoms with E-state index >= 15 is 0 Å². The van der Waals surface area contributed by atoms with E-state index in [2.05, 4.69) is 26.4 Å². The van der Waals surface area contributed by atoms with Crippen LogP contribution in [0.5, 0.6) is 0 Å². The molecule has 3 N–H and O–H groups in total. The number of aliphatic carboxylic acids is 1. The maximum absolute atomic E-state index is 12.7. The molecule has 1 saturated heterocycles. The highest BCUT2D eigenvalue weighted by atomic mass is 32.2. The molecule has 0 aliphatic carbocycles. The normalized spacial score (nSPS) is 15.2. The molecule has 1 aliphatic heterocycles. The van der Waals surface area contributed by atoms with Crippen LogP contribution in [0.4, 0.5) is 5.69 Å². The average Bonchev–Trinajstić information content (AvgIpc) is 2.90. The van der Waals surface area contributed by atoms with Crippen molar-refractivity contribution in [3.63, 3.8) is 0 Å². The van der Waals surface area contributed by atoms with Crippen LogP contribution in [0.1, 0.15) is 35.5 Å². The summed E-state index contributed by atoms with van der Waals surface area (Å²) in [4.78, 5) is 28.9. The molecule has 2 heterocycles. The van der Waals surface area contributed by atoms with Crippen LogP contribution in [0, 0.1) is 17.8 Å². The van der Waals surface area contributed by atoms with E-state index in [0.717, 1.165) is 16.6 Å². The van der Waals surface area contributed by atoms with Gasteiger partial charge in [-0.2, -0.15) is 17.4 Å². The Hall–Kier alpha value is -3.98. The number of aromatic nitrogens is 1. The SMILES string of the molecule is CC(C)[C@@H](NS(=O)(=O)N1CCN(c2ccc(C#Cc3ccc4ccnc(C(=O)O)c4c3)cc2)CC1)C(=O)O. The summed E-state index contributed by atoms with van der Waals surface area (Å²) in [6.07, 6.45) is 1.47. The largest absolute Gasteiger partial charge is 0.480 e. The second-order valence-corrected chi connectivity index (χ2v) is 11.0. The lowest BCUT2D eigenvalue weighted by molar-refractivity contribution is -0.140. The number of carboxylic acid groups (broad SMARTS) is 2. The minimum Gasteiger partial charge on any atom is -0.480 e. The van der Waals surface area contributed by atoms with Crippen LogP contribution >= 0.6 is 0 Å². The van der Waals surface area contributed by atoms with Crippen LogP contribution in [-0.2, 0) is 15.0 Å². The number of nitrogens with zero attached hydrogens (tertiary/aromatic N) is 3. The molecule has 0 bridgehead atoms. The van der Waals surface area contributed by atoms with Crippen molar-refractivity contribution in [2.75, 3.05) is 31.1 Å². The predicted molar refractivity (Wildman–Crippen MR) is 143 cm³/mol. The number of carbonyl (C=O) groups is 2. The van der Waals surface area contributed by atoms with Gasteiger partial charge in [-0.25, -0.2) is 9.78 Å². The minimum atomic E-state index is -3.92. The molecule has 1 aliphatic rings. The van der Waals surface area contributed by atoms with Gasteiger partial charge in [0.1, 0.15) is 6.04 Å². The number of piperazine rings is 1. The zero-order chi connectivity index (χ0) is 27.4. The highest BCUT2D eigenvalue weighted by molar-refractivity contribution is 7.87. The fourth-order valence-electron chi connectivity index (χ4n) is 4.21. The van der Waals surface area contributed by atoms with E-state index in [1.165, 1.54) is 10.5 Å². The number of aromatic carboxylic acids is 1. The first-order valence-electron chi connectivity index (χ1n) is 12.0. The Morgan fingerprint density at radius 2 is 1.58 bits per heavy atom. The minimum absolute atomic E-state index is 0.0131. The Morgan fingerprint density at radius 1 is 0.947 bits per heavy atom. The zero-order valence-electron chi connectivity index (χ0n) is 21.0. The van der Waals surface area contributed by atoms with Gasteiger partial charge >= 0.3 is 11.9 Å². The number of anilines is 1. The molecule has 3 aromatic rings. The first kappa shape index (κ1) is 27.1. The first-order valence-corrected chi connectivity index (χ1v) is 13.5. The molecule has 1 atom stereocenters. The van der Waals surface area contributed by atoms with Crippen LogP contribution in [0.25, 0.3) is 10.8 Å². The number of hydrogen-bond donors (Lipinski definition) is 3. The number of rotatable bonds is 7. The molecule has 2 aromatic carbocycles. The molecule has 0 unspecified atom stereocenters. The van der Waals surface area contributed by atoms with Crippen molar-refractivity contribution in [2.24, 2.45) is 5.92 Å². The van der Waals surface area contributed by atoms with Crippen LogP contribution in [0.3, 0.4) is 0 Å². The van der Waals surface area contributed by atoms with E-state index in [0.29, 0.717) is 24.0 Å². The summed E-state index contributed by atoms with van der Waals surface area (Å²) >= 11 is 0. The molecule has 4 rings (SSSR count). The summed E-state index contributed by atoms with van der Waals surface area (Å²) in [7, 11) is -3.92. The topological polar surface area (TPSA) is 140 Å². The van der Waals surface area contributed by atoms with Gasteiger partial charge in [0.2, 0.25) is 0 Å². The Kier molecular flexibility index (Phi) is 7.97. The summed E-state index contributed by atoms with van der Waals surface area (Å²) < 4.78 is 29.0. The smallest absolute Gasteiger partial charge is 0.355 e. The molecule has 38 heavy (non-hydrogen) atoms. The van der Waals surface area contributed by atoms with Gasteiger partial charge in [0.25, 0.3) is 10.2 Å². The molecule has 0 amide bonds. The van der Waals surface area contributed by atoms with E-state index in [1.54, 1.807) is 26.0 Å². The van der Waals surface area contributed by atoms with E-state index < -0.39 is 28.2 Å². The van der Waals surface area contributed by atoms with Crippen molar-refractivity contribution >= 4 is 38.6 Å². The second kappa shape index (κ2) is 11.2. The molecule has 0 spiro atoms. The molecular formula is C27H28N4O6S. The van der Waals surface area contributed by atoms with Gasteiger partial charge in [0.05, 0.1) is 0 Å². The average molecular weight is 537 g/mol. The first-order chi connectivity index (χ1) is 18.0. The van der Waals surface area contributed by atoms with Crippen molar-refractivity contribution in [3.05, 3.63) is 71.5 Å². The maximum Gasteiger partial charge on any atom is 0.355 e. The van der Waals surface area contributed by atoms with Crippen molar-refractivity contribution in [2.45, 2.75) is 19.9 Å². The summed E-state index contributed by atoms with van der Waals surface area (Å²) in [5.74, 6) is 3.48. The lowest BCUT2D eigenvalue weighted by Gasteiger charge is -2.36. The third-order valence-electron chi connectivity index (χ3n) is 6.34. The quantitative estimate of drug-likeness (QED) is 0.391. The summed E-state index contributed by atoms with van der Waals surface area (Å²) in [5, 5.41) is 20.0. The highest BCUT2D eigenvalue weighted by Crippen LogP contribution is 2.20. The Morgan fingerprint density at radius 3 is 2.18 bits per heavy atom. The zero-order valence-corrected chi connectivity index (χ0v) is 21.8. The van der Waals surface area contributed by atoms with Gasteiger partial charge in [-0.3, -0.25) is 4.79 Å². The molecule has 11 heteroatoms. The monoisotopic (exact) mass is 536 g/mol. The molecule has 10 nitrogen and oxygen atoms in total. The van der Waals surface area contributed by atoms with Crippen LogP contribution < -0.4 is 9.62 Å². The Bertz CT molecular complexity index is 1520. The van der Waals surface area contributed by atoms with Crippen LogP contribution in [-0.4, -0.2) is 72.1 Å².